The molecule has 1 unspecified atom stereocenters. The Morgan fingerprint density at radius 3 is 2.75 bits per heavy atom. The number of hydrogen-bond acceptors (Lipinski definition) is 3. The second-order valence-corrected chi connectivity index (χ2v) is 7.86. The van der Waals surface area contributed by atoms with E-state index >= 15 is 0 Å². The van der Waals surface area contributed by atoms with Crippen molar-refractivity contribution in [3.8, 4) is 0 Å². The van der Waals surface area contributed by atoms with Gasteiger partial charge in [-0.3, -0.25) is 0 Å². The molecular formula is C14H21BrN2O2S. The molecule has 1 saturated heterocycles. The number of halogens is 1. The number of piperidine rings is 1. The van der Waals surface area contributed by atoms with E-state index in [0.29, 0.717) is 28.4 Å². The van der Waals surface area contributed by atoms with Crippen LogP contribution < -0.4 is 5.32 Å². The van der Waals surface area contributed by atoms with Crippen LogP contribution in [0.2, 0.25) is 0 Å². The second-order valence-electron chi connectivity index (χ2n) is 5.10. The third kappa shape index (κ3) is 3.61. The van der Waals surface area contributed by atoms with E-state index in [1.807, 2.05) is 13.0 Å². The Labute approximate surface area is 129 Å². The van der Waals surface area contributed by atoms with E-state index < -0.39 is 10.0 Å². The van der Waals surface area contributed by atoms with Crippen LogP contribution in [-0.2, 0) is 10.0 Å². The summed E-state index contributed by atoms with van der Waals surface area (Å²) in [6.45, 7) is 4.93. The van der Waals surface area contributed by atoms with Crippen molar-refractivity contribution >= 4 is 26.0 Å². The third-order valence-corrected chi connectivity index (χ3v) is 6.62. The Kier molecular flexibility index (Phi) is 5.60. The van der Waals surface area contributed by atoms with Gasteiger partial charge in [0.25, 0.3) is 0 Å². The lowest BCUT2D eigenvalue weighted by Crippen LogP contribution is -2.41. The Morgan fingerprint density at radius 1 is 1.40 bits per heavy atom. The molecule has 0 aliphatic carbocycles. The molecule has 2 rings (SSSR count). The standard InChI is InChI=1S/C14H21BrN2O2S/c1-2-17(11-12-6-5-9-16-10-12)20(18,19)14-8-4-3-7-13(14)15/h3-4,7-8,12,16H,2,5-6,9-11H2,1H3. The van der Waals surface area contributed by atoms with E-state index in [4.69, 9.17) is 0 Å². The van der Waals surface area contributed by atoms with Crippen molar-refractivity contribution in [1.29, 1.82) is 0 Å². The highest BCUT2D eigenvalue weighted by molar-refractivity contribution is 9.10. The first-order valence-electron chi connectivity index (χ1n) is 7.01. The molecule has 1 N–H and O–H groups in total. The topological polar surface area (TPSA) is 49.4 Å². The zero-order chi connectivity index (χ0) is 14.6. The zero-order valence-electron chi connectivity index (χ0n) is 11.7. The molecule has 1 aliphatic rings. The molecule has 1 heterocycles. The zero-order valence-corrected chi connectivity index (χ0v) is 14.1. The van der Waals surface area contributed by atoms with Crippen molar-refractivity contribution in [1.82, 2.24) is 9.62 Å². The summed E-state index contributed by atoms with van der Waals surface area (Å²) in [5.41, 5.74) is 0. The van der Waals surface area contributed by atoms with Crippen LogP contribution in [0.4, 0.5) is 0 Å². The first-order chi connectivity index (χ1) is 9.55. The summed E-state index contributed by atoms with van der Waals surface area (Å²) >= 11 is 3.34. The van der Waals surface area contributed by atoms with Gasteiger partial charge in [0.05, 0.1) is 4.90 Å². The van der Waals surface area contributed by atoms with E-state index in [1.54, 1.807) is 22.5 Å². The second kappa shape index (κ2) is 7.02. The Bertz CT molecular complexity index is 542. The molecule has 20 heavy (non-hydrogen) atoms. The summed E-state index contributed by atoms with van der Waals surface area (Å²) in [6.07, 6.45) is 2.21. The lowest BCUT2D eigenvalue weighted by Gasteiger charge is -2.29. The first-order valence-corrected chi connectivity index (χ1v) is 9.24. The number of benzene rings is 1. The fourth-order valence-electron chi connectivity index (χ4n) is 2.56. The third-order valence-electron chi connectivity index (χ3n) is 3.67. The maximum Gasteiger partial charge on any atom is 0.244 e. The molecule has 4 nitrogen and oxygen atoms in total. The van der Waals surface area contributed by atoms with Crippen molar-refractivity contribution in [3.05, 3.63) is 28.7 Å². The van der Waals surface area contributed by atoms with Gasteiger partial charge in [0.2, 0.25) is 10.0 Å². The summed E-state index contributed by atoms with van der Waals surface area (Å²) in [5, 5.41) is 3.34. The minimum atomic E-state index is -3.42. The van der Waals surface area contributed by atoms with Crippen LogP contribution in [0.5, 0.6) is 0 Å². The first kappa shape index (κ1) is 15.9. The monoisotopic (exact) mass is 360 g/mol. The predicted octanol–water partition coefficient (Wildman–Crippen LogP) is 2.46. The van der Waals surface area contributed by atoms with E-state index in [-0.39, 0.29) is 0 Å². The Hall–Kier alpha value is -0.430. The molecule has 1 atom stereocenters. The number of nitrogens with zero attached hydrogens (tertiary/aromatic N) is 1. The molecule has 0 amide bonds. The van der Waals surface area contributed by atoms with Gasteiger partial charge in [0.1, 0.15) is 0 Å². The van der Waals surface area contributed by atoms with Crippen LogP contribution in [-0.4, -0.2) is 38.9 Å². The van der Waals surface area contributed by atoms with Gasteiger partial charge < -0.3 is 5.32 Å². The van der Waals surface area contributed by atoms with Crippen molar-refractivity contribution in [2.45, 2.75) is 24.7 Å². The highest BCUT2D eigenvalue weighted by atomic mass is 79.9. The Balaban J connectivity index is 2.19. The maximum absolute atomic E-state index is 12.7. The van der Waals surface area contributed by atoms with Crippen LogP contribution in [0.15, 0.2) is 33.6 Å². The minimum Gasteiger partial charge on any atom is -0.316 e. The van der Waals surface area contributed by atoms with Crippen LogP contribution >= 0.6 is 15.9 Å². The van der Waals surface area contributed by atoms with Gasteiger partial charge >= 0.3 is 0 Å². The summed E-state index contributed by atoms with van der Waals surface area (Å²) in [7, 11) is -3.42. The molecule has 1 aromatic carbocycles. The normalized spacial score (nSPS) is 20.2. The summed E-state index contributed by atoms with van der Waals surface area (Å²) < 4.78 is 27.7. The van der Waals surface area contributed by atoms with Crippen molar-refractivity contribution in [3.63, 3.8) is 0 Å². The average Bonchev–Trinajstić information content (AvgIpc) is 2.46. The lowest BCUT2D eigenvalue weighted by molar-refractivity contribution is 0.297. The highest BCUT2D eigenvalue weighted by Gasteiger charge is 2.27. The van der Waals surface area contributed by atoms with Gasteiger partial charge in [-0.1, -0.05) is 19.1 Å². The molecule has 0 spiro atoms. The van der Waals surface area contributed by atoms with Crippen LogP contribution in [0, 0.1) is 5.92 Å². The number of hydrogen-bond donors (Lipinski definition) is 1. The van der Waals surface area contributed by atoms with Crippen LogP contribution in [0.1, 0.15) is 19.8 Å². The maximum atomic E-state index is 12.7. The van der Waals surface area contributed by atoms with Gasteiger partial charge in [-0.05, 0) is 59.9 Å². The molecule has 6 heteroatoms. The summed E-state index contributed by atoms with van der Waals surface area (Å²) in [5.74, 6) is 0.404. The van der Waals surface area contributed by atoms with E-state index in [1.165, 1.54) is 0 Å². The molecule has 1 fully saturated rings. The van der Waals surface area contributed by atoms with E-state index in [2.05, 4.69) is 21.2 Å². The van der Waals surface area contributed by atoms with Gasteiger partial charge in [-0.15, -0.1) is 0 Å². The molecule has 0 radical (unpaired) electrons. The smallest absolute Gasteiger partial charge is 0.244 e. The molecule has 1 aromatic rings. The van der Waals surface area contributed by atoms with Gasteiger partial charge in [-0.25, -0.2) is 8.42 Å². The van der Waals surface area contributed by atoms with Crippen molar-refractivity contribution < 1.29 is 8.42 Å². The van der Waals surface area contributed by atoms with Gasteiger partial charge in [-0.2, -0.15) is 4.31 Å². The highest BCUT2D eigenvalue weighted by Crippen LogP contribution is 2.25. The number of rotatable bonds is 5. The SMILES string of the molecule is CCN(CC1CCCNC1)S(=O)(=O)c1ccccc1Br. The predicted molar refractivity (Wildman–Crippen MR) is 84.2 cm³/mol. The number of sulfonamides is 1. The number of nitrogens with one attached hydrogen (secondary N) is 1. The fourth-order valence-corrected chi connectivity index (χ4v) is 5.05. The van der Waals surface area contributed by atoms with Crippen LogP contribution in [0.25, 0.3) is 0 Å². The Morgan fingerprint density at radius 2 is 2.15 bits per heavy atom. The minimum absolute atomic E-state index is 0.352. The molecule has 112 valence electrons. The summed E-state index contributed by atoms with van der Waals surface area (Å²) in [4.78, 5) is 0.352. The quantitative estimate of drug-likeness (QED) is 0.877. The largest absolute Gasteiger partial charge is 0.316 e. The fraction of sp³-hybridized carbons (Fsp3) is 0.571. The molecule has 0 aromatic heterocycles. The molecular weight excluding hydrogens is 340 g/mol. The van der Waals surface area contributed by atoms with E-state index in [0.717, 1.165) is 25.9 Å². The van der Waals surface area contributed by atoms with Crippen molar-refractivity contribution in [2.75, 3.05) is 26.2 Å². The molecule has 0 saturated carbocycles. The molecule has 1 aliphatic heterocycles. The van der Waals surface area contributed by atoms with E-state index in [9.17, 15) is 8.42 Å². The van der Waals surface area contributed by atoms with Gasteiger partial charge in [0.15, 0.2) is 0 Å². The van der Waals surface area contributed by atoms with Crippen molar-refractivity contribution in [2.24, 2.45) is 5.92 Å². The average molecular weight is 361 g/mol. The van der Waals surface area contributed by atoms with Gasteiger partial charge in [0, 0.05) is 17.6 Å². The summed E-state index contributed by atoms with van der Waals surface area (Å²) in [6, 6.07) is 7.00. The molecule has 0 bridgehead atoms. The lowest BCUT2D eigenvalue weighted by atomic mass is 10.00. The van der Waals surface area contributed by atoms with Crippen LogP contribution in [0.3, 0.4) is 0 Å².